The van der Waals surface area contributed by atoms with Crippen molar-refractivity contribution in [3.05, 3.63) is 46.8 Å². The number of rotatable bonds is 2. The van der Waals surface area contributed by atoms with Crippen LogP contribution in [0.5, 0.6) is 5.75 Å². The van der Waals surface area contributed by atoms with Crippen LogP contribution in [-0.2, 0) is 12.8 Å². The molecule has 2 aromatic rings. The summed E-state index contributed by atoms with van der Waals surface area (Å²) >= 11 is 0. The molecule has 5 heterocycles. The molecule has 1 aliphatic carbocycles. The fourth-order valence-electron chi connectivity index (χ4n) is 6.34. The van der Waals surface area contributed by atoms with E-state index in [-0.39, 0.29) is 17.9 Å². The van der Waals surface area contributed by atoms with Gasteiger partial charge in [0.15, 0.2) is 5.69 Å². The third-order valence-electron chi connectivity index (χ3n) is 7.56. The number of piperidine rings is 3. The maximum Gasteiger partial charge on any atom is 0.274 e. The van der Waals surface area contributed by atoms with Gasteiger partial charge in [-0.15, -0.1) is 0 Å². The maximum atomic E-state index is 13.6. The van der Waals surface area contributed by atoms with Crippen LogP contribution in [0.2, 0.25) is 0 Å². The topological polar surface area (TPSA) is 72.5 Å². The zero-order valence-electron chi connectivity index (χ0n) is 16.0. The number of phenolic OH excluding ortho intramolecular Hbond substituents is 1. The second-order valence-corrected chi connectivity index (χ2v) is 8.90. The van der Waals surface area contributed by atoms with E-state index in [1.807, 2.05) is 12.1 Å². The Morgan fingerprint density at radius 3 is 2.86 bits per heavy atom. The van der Waals surface area contributed by atoms with Gasteiger partial charge in [-0.25, -0.2) is 0 Å². The van der Waals surface area contributed by atoms with Crippen molar-refractivity contribution in [2.75, 3.05) is 19.6 Å². The van der Waals surface area contributed by atoms with Crippen molar-refractivity contribution in [2.45, 2.75) is 50.1 Å². The van der Waals surface area contributed by atoms with E-state index in [1.165, 1.54) is 12.8 Å². The van der Waals surface area contributed by atoms with E-state index >= 15 is 0 Å². The van der Waals surface area contributed by atoms with Crippen LogP contribution in [0.4, 0.5) is 0 Å². The van der Waals surface area contributed by atoms with Crippen LogP contribution in [0.1, 0.15) is 52.5 Å². The van der Waals surface area contributed by atoms with Crippen LogP contribution in [0.3, 0.4) is 0 Å². The zero-order valence-corrected chi connectivity index (χ0v) is 16.0. The molecule has 5 aliphatic rings. The van der Waals surface area contributed by atoms with Crippen molar-refractivity contribution >= 4 is 5.91 Å². The molecule has 1 aromatic heterocycles. The molecule has 4 fully saturated rings. The molecular formula is C22H26N4O2. The Kier molecular flexibility index (Phi) is 3.60. The van der Waals surface area contributed by atoms with E-state index in [0.717, 1.165) is 49.2 Å². The molecule has 6 heteroatoms. The average molecular weight is 378 g/mol. The molecule has 3 atom stereocenters. The van der Waals surface area contributed by atoms with Gasteiger partial charge >= 0.3 is 0 Å². The molecule has 3 unspecified atom stereocenters. The number of aryl methyl sites for hydroxylation is 1. The van der Waals surface area contributed by atoms with Crippen LogP contribution >= 0.6 is 0 Å². The SMILES string of the molecule is O=C(c1n[nH]c2c1CCC2)N1CC(c2cccc(O)c2)C2C1C1CCN2CC1. The molecule has 146 valence electrons. The average Bonchev–Trinajstić information content (AvgIpc) is 3.43. The number of H-pyrrole nitrogens is 1. The van der Waals surface area contributed by atoms with E-state index in [9.17, 15) is 9.90 Å². The molecule has 0 saturated carbocycles. The smallest absolute Gasteiger partial charge is 0.274 e. The van der Waals surface area contributed by atoms with Gasteiger partial charge in [0, 0.05) is 29.8 Å². The first kappa shape index (κ1) is 16.6. The summed E-state index contributed by atoms with van der Waals surface area (Å²) in [6.45, 7) is 2.97. The normalized spacial score (nSPS) is 33.1. The van der Waals surface area contributed by atoms with Crippen LogP contribution in [-0.4, -0.2) is 62.7 Å². The predicted molar refractivity (Wildman–Crippen MR) is 104 cm³/mol. The Bertz CT molecular complexity index is 930. The van der Waals surface area contributed by atoms with Crippen molar-refractivity contribution in [1.29, 1.82) is 0 Å². The lowest BCUT2D eigenvalue weighted by Crippen LogP contribution is -2.60. The molecule has 1 aromatic carbocycles. The predicted octanol–water partition coefficient (Wildman–Crippen LogP) is 2.31. The molecule has 4 saturated heterocycles. The van der Waals surface area contributed by atoms with Crippen LogP contribution in [0.15, 0.2) is 24.3 Å². The molecule has 6 nitrogen and oxygen atoms in total. The highest BCUT2D eigenvalue weighted by atomic mass is 16.3. The quantitative estimate of drug-likeness (QED) is 0.841. The van der Waals surface area contributed by atoms with Crippen LogP contribution in [0.25, 0.3) is 0 Å². The number of amides is 1. The lowest BCUT2D eigenvalue weighted by atomic mass is 9.75. The molecule has 7 rings (SSSR count). The Hall–Kier alpha value is -2.34. The van der Waals surface area contributed by atoms with E-state index in [2.05, 4.69) is 26.1 Å². The number of fused-ring (bicyclic) bond motifs is 3. The monoisotopic (exact) mass is 378 g/mol. The number of likely N-dealkylation sites (tertiary alicyclic amines) is 1. The first-order valence-electron chi connectivity index (χ1n) is 10.6. The third kappa shape index (κ3) is 2.30. The van der Waals surface area contributed by atoms with Gasteiger partial charge < -0.3 is 10.0 Å². The highest BCUT2D eigenvalue weighted by Crippen LogP contribution is 2.47. The number of nitrogens with one attached hydrogen (secondary N) is 1. The number of carbonyl (C=O) groups is 1. The lowest BCUT2D eigenvalue weighted by molar-refractivity contribution is -0.00362. The Morgan fingerprint density at radius 2 is 2.04 bits per heavy atom. The van der Waals surface area contributed by atoms with Gasteiger partial charge in [-0.2, -0.15) is 5.10 Å². The van der Waals surface area contributed by atoms with Gasteiger partial charge in [0.2, 0.25) is 0 Å². The summed E-state index contributed by atoms with van der Waals surface area (Å²) in [4.78, 5) is 18.3. The number of hydrogen-bond donors (Lipinski definition) is 2. The molecular weight excluding hydrogens is 352 g/mol. The highest BCUT2D eigenvalue weighted by Gasteiger charge is 2.55. The number of benzene rings is 1. The van der Waals surface area contributed by atoms with E-state index < -0.39 is 0 Å². The fraction of sp³-hybridized carbons (Fsp3) is 0.545. The van der Waals surface area contributed by atoms with E-state index in [1.54, 1.807) is 6.07 Å². The summed E-state index contributed by atoms with van der Waals surface area (Å²) in [6.07, 6.45) is 5.43. The second kappa shape index (κ2) is 6.08. The summed E-state index contributed by atoms with van der Waals surface area (Å²) < 4.78 is 0. The first-order chi connectivity index (χ1) is 13.7. The summed E-state index contributed by atoms with van der Waals surface area (Å²) in [5.41, 5.74) is 4.09. The number of phenols is 1. The van der Waals surface area contributed by atoms with Crippen molar-refractivity contribution in [1.82, 2.24) is 20.0 Å². The minimum atomic E-state index is 0.103. The Labute approximate surface area is 164 Å². The van der Waals surface area contributed by atoms with Crippen molar-refractivity contribution in [3.63, 3.8) is 0 Å². The van der Waals surface area contributed by atoms with Crippen molar-refractivity contribution in [2.24, 2.45) is 5.92 Å². The zero-order chi connectivity index (χ0) is 18.8. The number of carbonyl (C=O) groups excluding carboxylic acids is 1. The number of aromatic amines is 1. The minimum absolute atomic E-state index is 0.103. The van der Waals surface area contributed by atoms with Gasteiger partial charge in [0.05, 0.1) is 6.04 Å². The maximum absolute atomic E-state index is 13.6. The van der Waals surface area contributed by atoms with E-state index in [4.69, 9.17) is 0 Å². The van der Waals surface area contributed by atoms with Crippen LogP contribution < -0.4 is 0 Å². The molecule has 28 heavy (non-hydrogen) atoms. The summed E-state index contributed by atoms with van der Waals surface area (Å²) in [5, 5.41) is 17.6. The summed E-state index contributed by atoms with van der Waals surface area (Å²) in [5.74, 6) is 1.23. The lowest BCUT2D eigenvalue weighted by Gasteiger charge is -2.51. The number of aromatic nitrogens is 2. The third-order valence-corrected chi connectivity index (χ3v) is 7.56. The van der Waals surface area contributed by atoms with Crippen molar-refractivity contribution < 1.29 is 9.90 Å². The van der Waals surface area contributed by atoms with Crippen molar-refractivity contribution in [3.8, 4) is 5.75 Å². The summed E-state index contributed by atoms with van der Waals surface area (Å²) in [7, 11) is 0. The van der Waals surface area contributed by atoms with Gasteiger partial charge in [0.1, 0.15) is 5.75 Å². The van der Waals surface area contributed by atoms with E-state index in [0.29, 0.717) is 29.9 Å². The largest absolute Gasteiger partial charge is 0.508 e. The molecule has 0 spiro atoms. The fourth-order valence-corrected chi connectivity index (χ4v) is 6.34. The standard InChI is InChI=1S/C22H26N4O2/c27-15-4-1-3-14(11-15)17-12-26(20-13-7-9-25(10-8-13)21(17)20)22(28)19-16-5-2-6-18(16)23-24-19/h1,3-4,11,13,17,20-21,27H,2,5-10,12H2,(H,23,24). The number of aromatic hydroxyl groups is 1. The van der Waals surface area contributed by atoms with Gasteiger partial charge in [-0.3, -0.25) is 14.8 Å². The highest BCUT2D eigenvalue weighted by molar-refractivity contribution is 5.95. The molecule has 4 aliphatic heterocycles. The summed E-state index contributed by atoms with van der Waals surface area (Å²) in [6, 6.07) is 8.23. The molecule has 0 radical (unpaired) electrons. The van der Waals surface area contributed by atoms with Crippen LogP contribution in [0, 0.1) is 5.92 Å². The number of hydrogen-bond acceptors (Lipinski definition) is 4. The second-order valence-electron chi connectivity index (χ2n) is 8.90. The first-order valence-corrected chi connectivity index (χ1v) is 10.6. The molecule has 2 N–H and O–H groups in total. The van der Waals surface area contributed by atoms with Gasteiger partial charge in [-0.05, 0) is 68.8 Å². The Morgan fingerprint density at radius 1 is 1.18 bits per heavy atom. The molecule has 1 amide bonds. The number of nitrogens with zero attached hydrogens (tertiary/aromatic N) is 3. The Balaban J connectivity index is 1.39. The minimum Gasteiger partial charge on any atom is -0.508 e. The van der Waals surface area contributed by atoms with Gasteiger partial charge in [-0.1, -0.05) is 12.1 Å². The molecule has 2 bridgehead atoms. The van der Waals surface area contributed by atoms with Gasteiger partial charge in [0.25, 0.3) is 5.91 Å².